The van der Waals surface area contributed by atoms with E-state index >= 15 is 0 Å². The second-order valence-electron chi connectivity index (χ2n) is 7.90. The van der Waals surface area contributed by atoms with Gasteiger partial charge >= 0.3 is 0 Å². The van der Waals surface area contributed by atoms with Gasteiger partial charge in [-0.2, -0.15) is 10.4 Å². The molecule has 0 aliphatic rings. The van der Waals surface area contributed by atoms with Crippen LogP contribution in [0.5, 0.6) is 0 Å². The lowest BCUT2D eigenvalue weighted by molar-refractivity contribution is 0.628. The molecule has 34 heavy (non-hydrogen) atoms. The number of aromatic nitrogens is 6. The summed E-state index contributed by atoms with van der Waals surface area (Å²) < 4.78 is 31.2. The molecule has 3 aromatic heterocycles. The molecule has 0 radical (unpaired) electrons. The Morgan fingerprint density at radius 1 is 0.882 bits per heavy atom. The molecule has 0 amide bonds. The largest absolute Gasteiger partial charge is 0.275 e. The molecule has 0 aliphatic carbocycles. The highest BCUT2D eigenvalue weighted by Crippen LogP contribution is 2.32. The molecule has 0 unspecified atom stereocenters. The molecule has 0 aliphatic heterocycles. The van der Waals surface area contributed by atoms with Gasteiger partial charge in [-0.3, -0.25) is 4.68 Å². The van der Waals surface area contributed by atoms with E-state index in [0.29, 0.717) is 28.0 Å². The summed E-state index contributed by atoms with van der Waals surface area (Å²) in [6.07, 6.45) is 3.41. The summed E-state index contributed by atoms with van der Waals surface area (Å²) in [6.45, 7) is 3.59. The van der Waals surface area contributed by atoms with Crippen molar-refractivity contribution in [2.24, 2.45) is 7.05 Å². The highest BCUT2D eigenvalue weighted by atomic mass is 19.1. The molecule has 5 aromatic rings. The number of aryl methyl sites for hydroxylation is 3. The van der Waals surface area contributed by atoms with Gasteiger partial charge in [-0.15, -0.1) is 0 Å². The van der Waals surface area contributed by atoms with Crippen LogP contribution in [0.4, 0.5) is 8.78 Å². The van der Waals surface area contributed by atoms with Crippen molar-refractivity contribution < 1.29 is 8.78 Å². The van der Waals surface area contributed by atoms with E-state index < -0.39 is 11.6 Å². The number of halogens is 2. The van der Waals surface area contributed by atoms with Gasteiger partial charge in [0, 0.05) is 29.9 Å². The Morgan fingerprint density at radius 3 is 2.35 bits per heavy atom. The van der Waals surface area contributed by atoms with Crippen molar-refractivity contribution in [2.45, 2.75) is 13.8 Å². The topological polar surface area (TPSA) is 93.2 Å². The molecule has 0 N–H and O–H groups in total. The smallest absolute Gasteiger partial charge is 0.182 e. The molecule has 166 valence electrons. The van der Waals surface area contributed by atoms with Crippen LogP contribution in [0.2, 0.25) is 0 Å². The number of fused-ring (bicyclic) bond motifs is 1. The van der Waals surface area contributed by atoms with E-state index in [4.69, 9.17) is 5.26 Å². The van der Waals surface area contributed by atoms with Crippen molar-refractivity contribution in [1.29, 1.82) is 5.26 Å². The van der Waals surface area contributed by atoms with Crippen molar-refractivity contribution in [1.82, 2.24) is 29.7 Å². The third-order valence-corrected chi connectivity index (χ3v) is 5.49. The summed E-state index contributed by atoms with van der Waals surface area (Å²) in [6, 6.07) is 10.5. The third-order valence-electron chi connectivity index (χ3n) is 5.49. The minimum Gasteiger partial charge on any atom is -0.275 e. The number of hydrogen-bond acceptors (Lipinski definition) is 6. The van der Waals surface area contributed by atoms with Crippen LogP contribution in [0.15, 0.2) is 48.8 Å². The molecule has 0 saturated heterocycles. The quantitative estimate of drug-likeness (QED) is 0.385. The van der Waals surface area contributed by atoms with Gasteiger partial charge in [-0.05, 0) is 55.8 Å². The SMILES string of the molecule is Cc1nc2nc(-c3cc(F)cc(-c4cnn(C)c4)c3)nc(-c3ccc(C#N)cc3F)c2nc1C. The van der Waals surface area contributed by atoms with Crippen LogP contribution in [0, 0.1) is 36.8 Å². The molecular formula is C25H17F2N7. The molecule has 0 bridgehead atoms. The zero-order valence-corrected chi connectivity index (χ0v) is 18.5. The van der Waals surface area contributed by atoms with Gasteiger partial charge < -0.3 is 0 Å². The van der Waals surface area contributed by atoms with Gasteiger partial charge in [-0.25, -0.2) is 28.7 Å². The van der Waals surface area contributed by atoms with E-state index in [1.54, 1.807) is 44.0 Å². The Balaban J connectivity index is 1.78. The first-order valence-corrected chi connectivity index (χ1v) is 10.4. The van der Waals surface area contributed by atoms with Gasteiger partial charge in [-0.1, -0.05) is 0 Å². The van der Waals surface area contributed by atoms with Crippen LogP contribution in [-0.2, 0) is 7.05 Å². The van der Waals surface area contributed by atoms with Gasteiger partial charge in [0.05, 0.1) is 29.2 Å². The maximum absolute atomic E-state index is 15.0. The lowest BCUT2D eigenvalue weighted by Gasteiger charge is -2.11. The Labute approximate surface area is 193 Å². The van der Waals surface area contributed by atoms with Crippen molar-refractivity contribution in [3.63, 3.8) is 0 Å². The number of benzene rings is 2. The Bertz CT molecular complexity index is 1630. The summed E-state index contributed by atoms with van der Waals surface area (Å²) in [4.78, 5) is 18.2. The standard InChI is InChI=1S/C25H17F2N7/c1-13-14(2)31-25-23(30-13)22(20-5-4-15(10-28)6-21(20)27)32-24(33-25)17-7-16(8-19(26)9-17)18-11-29-34(3)12-18/h4-9,11-12H,1-3H3. The Morgan fingerprint density at radius 2 is 1.65 bits per heavy atom. The average molecular weight is 453 g/mol. The van der Waals surface area contributed by atoms with Crippen molar-refractivity contribution >= 4 is 11.2 Å². The fraction of sp³-hybridized carbons (Fsp3) is 0.120. The summed E-state index contributed by atoms with van der Waals surface area (Å²) >= 11 is 0. The van der Waals surface area contributed by atoms with E-state index in [2.05, 4.69) is 25.0 Å². The fourth-order valence-corrected chi connectivity index (χ4v) is 3.66. The molecule has 2 aromatic carbocycles. The third kappa shape index (κ3) is 3.75. The van der Waals surface area contributed by atoms with Crippen molar-refractivity contribution in [3.05, 3.63) is 77.4 Å². The number of nitriles is 1. The minimum atomic E-state index is -0.625. The first kappa shape index (κ1) is 21.3. The predicted molar refractivity (Wildman–Crippen MR) is 122 cm³/mol. The summed E-state index contributed by atoms with van der Waals surface area (Å²) in [7, 11) is 1.78. The van der Waals surface area contributed by atoms with E-state index in [-0.39, 0.29) is 28.3 Å². The number of nitrogens with zero attached hydrogens (tertiary/aromatic N) is 7. The van der Waals surface area contributed by atoms with E-state index in [1.807, 2.05) is 6.07 Å². The molecule has 3 heterocycles. The lowest BCUT2D eigenvalue weighted by atomic mass is 10.0. The van der Waals surface area contributed by atoms with Crippen LogP contribution in [0.25, 0.3) is 44.9 Å². The van der Waals surface area contributed by atoms with Gasteiger partial charge in [0.15, 0.2) is 11.5 Å². The zero-order valence-electron chi connectivity index (χ0n) is 18.5. The van der Waals surface area contributed by atoms with Crippen molar-refractivity contribution in [2.75, 3.05) is 0 Å². The normalized spacial score (nSPS) is 11.1. The van der Waals surface area contributed by atoms with Gasteiger partial charge in [0.1, 0.15) is 22.8 Å². The molecule has 7 nitrogen and oxygen atoms in total. The van der Waals surface area contributed by atoms with Crippen LogP contribution in [-0.4, -0.2) is 29.7 Å². The van der Waals surface area contributed by atoms with Crippen LogP contribution < -0.4 is 0 Å². The Hall–Kier alpha value is -4.58. The number of hydrogen-bond donors (Lipinski definition) is 0. The van der Waals surface area contributed by atoms with Crippen LogP contribution in [0.1, 0.15) is 17.0 Å². The summed E-state index contributed by atoms with van der Waals surface area (Å²) in [5.74, 6) is -0.925. The summed E-state index contributed by atoms with van der Waals surface area (Å²) in [5, 5.41) is 13.2. The monoisotopic (exact) mass is 453 g/mol. The molecule has 0 fully saturated rings. The van der Waals surface area contributed by atoms with Crippen molar-refractivity contribution in [3.8, 4) is 39.8 Å². The van der Waals surface area contributed by atoms with Gasteiger partial charge in [0.2, 0.25) is 0 Å². The maximum atomic E-state index is 15.0. The lowest BCUT2D eigenvalue weighted by Crippen LogP contribution is -2.03. The fourth-order valence-electron chi connectivity index (χ4n) is 3.66. The molecular weight excluding hydrogens is 436 g/mol. The van der Waals surface area contributed by atoms with E-state index in [1.165, 1.54) is 24.3 Å². The predicted octanol–water partition coefficient (Wildman–Crippen LogP) is 4.92. The van der Waals surface area contributed by atoms with Crippen LogP contribution in [0.3, 0.4) is 0 Å². The van der Waals surface area contributed by atoms with Gasteiger partial charge in [0.25, 0.3) is 0 Å². The summed E-state index contributed by atoms with van der Waals surface area (Å²) in [5.41, 5.74) is 4.18. The van der Waals surface area contributed by atoms with E-state index in [0.717, 1.165) is 11.6 Å². The highest BCUT2D eigenvalue weighted by Gasteiger charge is 2.19. The molecule has 5 rings (SSSR count). The molecule has 0 spiro atoms. The molecule has 0 saturated carbocycles. The second kappa shape index (κ2) is 8.08. The van der Waals surface area contributed by atoms with E-state index in [9.17, 15) is 8.78 Å². The minimum absolute atomic E-state index is 0.147. The zero-order chi connectivity index (χ0) is 24.0. The highest BCUT2D eigenvalue weighted by molar-refractivity contribution is 5.89. The molecule has 0 atom stereocenters. The first-order valence-electron chi connectivity index (χ1n) is 10.4. The second-order valence-corrected chi connectivity index (χ2v) is 7.90. The first-order chi connectivity index (χ1) is 16.3. The average Bonchev–Trinajstić information content (AvgIpc) is 3.25. The number of rotatable bonds is 3. The molecule has 9 heteroatoms. The maximum Gasteiger partial charge on any atom is 0.182 e. The van der Waals surface area contributed by atoms with Crippen LogP contribution >= 0.6 is 0 Å². The Kier molecular flexibility index (Phi) is 5.06.